The maximum absolute atomic E-state index is 8.77. The molecule has 16 heavy (non-hydrogen) atoms. The first-order valence-corrected chi connectivity index (χ1v) is 5.39. The van der Waals surface area contributed by atoms with E-state index in [-0.39, 0.29) is 12.7 Å². The van der Waals surface area contributed by atoms with Crippen molar-refractivity contribution in [2.75, 3.05) is 13.7 Å². The predicted molar refractivity (Wildman–Crippen MR) is 62.9 cm³/mol. The summed E-state index contributed by atoms with van der Waals surface area (Å²) in [5, 5.41) is 8.77. The van der Waals surface area contributed by atoms with Gasteiger partial charge in [-0.25, -0.2) is 0 Å². The molecule has 1 aromatic carbocycles. The second-order valence-electron chi connectivity index (χ2n) is 3.92. The summed E-state index contributed by atoms with van der Waals surface area (Å²) in [6.45, 7) is 2.08. The fraction of sp³-hybridized carbons (Fsp3) is 0.385. The van der Waals surface area contributed by atoms with E-state index >= 15 is 0 Å². The second-order valence-corrected chi connectivity index (χ2v) is 3.92. The maximum atomic E-state index is 8.77. The average Bonchev–Trinajstić information content (AvgIpc) is 2.63. The van der Waals surface area contributed by atoms with Crippen molar-refractivity contribution < 1.29 is 14.6 Å². The molecule has 0 spiro atoms. The Morgan fingerprint density at radius 1 is 1.56 bits per heavy atom. The van der Waals surface area contributed by atoms with Gasteiger partial charge in [0.2, 0.25) is 0 Å². The summed E-state index contributed by atoms with van der Waals surface area (Å²) in [6.07, 6.45) is 4.68. The van der Waals surface area contributed by atoms with Crippen LogP contribution in [-0.4, -0.2) is 24.9 Å². The minimum atomic E-state index is 0.0253. The van der Waals surface area contributed by atoms with Crippen molar-refractivity contribution in [3.63, 3.8) is 0 Å². The highest BCUT2D eigenvalue weighted by Gasteiger charge is 2.20. The molecule has 1 aliphatic heterocycles. The topological polar surface area (TPSA) is 38.7 Å². The van der Waals surface area contributed by atoms with Gasteiger partial charge in [0, 0.05) is 17.5 Å². The fourth-order valence-electron chi connectivity index (χ4n) is 1.94. The van der Waals surface area contributed by atoms with Crippen LogP contribution in [0, 0.1) is 0 Å². The van der Waals surface area contributed by atoms with Crippen LogP contribution in [0.1, 0.15) is 18.1 Å². The SMILES string of the molecule is COc1cc2c(cc1/C=C/CO)OC(C)C2. The van der Waals surface area contributed by atoms with Gasteiger partial charge in [-0.15, -0.1) is 0 Å². The Labute approximate surface area is 95.3 Å². The lowest BCUT2D eigenvalue weighted by atomic mass is 10.1. The summed E-state index contributed by atoms with van der Waals surface area (Å²) in [6, 6.07) is 3.97. The highest BCUT2D eigenvalue weighted by molar-refractivity contribution is 5.62. The van der Waals surface area contributed by atoms with Crippen LogP contribution in [0.25, 0.3) is 6.08 Å². The Bertz CT molecular complexity index is 410. The zero-order chi connectivity index (χ0) is 11.5. The van der Waals surface area contributed by atoms with Crippen molar-refractivity contribution in [1.29, 1.82) is 0 Å². The lowest BCUT2D eigenvalue weighted by Gasteiger charge is -2.08. The van der Waals surface area contributed by atoms with Crippen molar-refractivity contribution in [2.24, 2.45) is 0 Å². The molecular weight excluding hydrogens is 204 g/mol. The van der Waals surface area contributed by atoms with Crippen molar-refractivity contribution in [3.8, 4) is 11.5 Å². The Hall–Kier alpha value is -1.48. The molecule has 0 saturated heterocycles. The first kappa shape index (κ1) is 11.0. The molecule has 0 bridgehead atoms. The van der Waals surface area contributed by atoms with Gasteiger partial charge in [0.15, 0.2) is 0 Å². The summed E-state index contributed by atoms with van der Waals surface area (Å²) in [4.78, 5) is 0. The third kappa shape index (κ3) is 2.04. The number of hydrogen-bond acceptors (Lipinski definition) is 3. The van der Waals surface area contributed by atoms with E-state index in [0.29, 0.717) is 0 Å². The predicted octanol–water partition coefficient (Wildman–Crippen LogP) is 2.02. The molecule has 1 unspecified atom stereocenters. The van der Waals surface area contributed by atoms with Crippen LogP contribution in [0.15, 0.2) is 18.2 Å². The third-order valence-electron chi connectivity index (χ3n) is 2.65. The number of hydrogen-bond donors (Lipinski definition) is 1. The van der Waals surface area contributed by atoms with E-state index in [1.165, 1.54) is 5.56 Å². The molecule has 0 amide bonds. The van der Waals surface area contributed by atoms with Crippen molar-refractivity contribution >= 4 is 6.08 Å². The van der Waals surface area contributed by atoms with Gasteiger partial charge in [-0.2, -0.15) is 0 Å². The first-order chi connectivity index (χ1) is 7.74. The lowest BCUT2D eigenvalue weighted by molar-refractivity contribution is 0.254. The Morgan fingerprint density at radius 2 is 2.38 bits per heavy atom. The molecular formula is C13H16O3. The number of rotatable bonds is 3. The van der Waals surface area contributed by atoms with Gasteiger partial charge in [0.05, 0.1) is 13.7 Å². The van der Waals surface area contributed by atoms with Crippen LogP contribution in [0.3, 0.4) is 0 Å². The fourth-order valence-corrected chi connectivity index (χ4v) is 1.94. The van der Waals surface area contributed by atoms with E-state index in [0.717, 1.165) is 23.5 Å². The molecule has 0 saturated carbocycles. The van der Waals surface area contributed by atoms with E-state index in [1.54, 1.807) is 13.2 Å². The highest BCUT2D eigenvalue weighted by atomic mass is 16.5. The standard InChI is InChI=1S/C13H16O3/c1-9-6-11-8-12(15-2)10(4-3-5-14)7-13(11)16-9/h3-4,7-9,14H,5-6H2,1-2H3/b4-3+. The van der Waals surface area contributed by atoms with Crippen LogP contribution in [0.2, 0.25) is 0 Å². The molecule has 2 rings (SSSR count). The van der Waals surface area contributed by atoms with Crippen LogP contribution in [0.4, 0.5) is 0 Å². The van der Waals surface area contributed by atoms with Gasteiger partial charge in [-0.05, 0) is 19.1 Å². The number of aliphatic hydroxyl groups excluding tert-OH is 1. The van der Waals surface area contributed by atoms with E-state index in [2.05, 4.69) is 6.92 Å². The van der Waals surface area contributed by atoms with Crippen molar-refractivity contribution in [1.82, 2.24) is 0 Å². The largest absolute Gasteiger partial charge is 0.496 e. The van der Waals surface area contributed by atoms with Gasteiger partial charge in [0.25, 0.3) is 0 Å². The molecule has 86 valence electrons. The number of aliphatic hydroxyl groups is 1. The maximum Gasteiger partial charge on any atom is 0.126 e. The molecule has 0 fully saturated rings. The minimum Gasteiger partial charge on any atom is -0.496 e. The van der Waals surface area contributed by atoms with Gasteiger partial charge < -0.3 is 14.6 Å². The lowest BCUT2D eigenvalue weighted by Crippen LogP contribution is -2.05. The highest BCUT2D eigenvalue weighted by Crippen LogP contribution is 2.35. The molecule has 0 aromatic heterocycles. The molecule has 1 atom stereocenters. The van der Waals surface area contributed by atoms with E-state index < -0.39 is 0 Å². The first-order valence-electron chi connectivity index (χ1n) is 5.39. The molecule has 1 aromatic rings. The third-order valence-corrected chi connectivity index (χ3v) is 2.65. The Morgan fingerprint density at radius 3 is 3.06 bits per heavy atom. The Balaban J connectivity index is 2.38. The number of benzene rings is 1. The minimum absolute atomic E-state index is 0.0253. The summed E-state index contributed by atoms with van der Waals surface area (Å²) in [7, 11) is 1.65. The quantitative estimate of drug-likeness (QED) is 0.847. The zero-order valence-electron chi connectivity index (χ0n) is 9.56. The Kier molecular flexibility index (Phi) is 3.15. The summed E-state index contributed by atoms with van der Waals surface area (Å²) in [5.74, 6) is 1.74. The van der Waals surface area contributed by atoms with Gasteiger partial charge in [0.1, 0.15) is 17.6 Å². The van der Waals surface area contributed by atoms with Gasteiger partial charge in [-0.3, -0.25) is 0 Å². The monoisotopic (exact) mass is 220 g/mol. The van der Waals surface area contributed by atoms with Crippen molar-refractivity contribution in [3.05, 3.63) is 29.3 Å². The van der Waals surface area contributed by atoms with E-state index in [4.69, 9.17) is 14.6 Å². The summed E-state index contributed by atoms with van der Waals surface area (Å²) in [5.41, 5.74) is 2.12. The van der Waals surface area contributed by atoms with Crippen LogP contribution in [-0.2, 0) is 6.42 Å². The molecule has 0 radical (unpaired) electrons. The van der Waals surface area contributed by atoms with Crippen LogP contribution < -0.4 is 9.47 Å². The van der Waals surface area contributed by atoms with E-state index in [9.17, 15) is 0 Å². The zero-order valence-corrected chi connectivity index (χ0v) is 9.56. The van der Waals surface area contributed by atoms with Gasteiger partial charge in [-0.1, -0.05) is 12.2 Å². The summed E-state index contributed by atoms with van der Waals surface area (Å²) >= 11 is 0. The van der Waals surface area contributed by atoms with Gasteiger partial charge >= 0.3 is 0 Å². The number of fused-ring (bicyclic) bond motifs is 1. The average molecular weight is 220 g/mol. The molecule has 1 heterocycles. The number of ether oxygens (including phenoxy) is 2. The normalized spacial score (nSPS) is 18.6. The van der Waals surface area contributed by atoms with Crippen molar-refractivity contribution in [2.45, 2.75) is 19.4 Å². The molecule has 0 aliphatic carbocycles. The summed E-state index contributed by atoms with van der Waals surface area (Å²) < 4.78 is 11.0. The second kappa shape index (κ2) is 4.58. The smallest absolute Gasteiger partial charge is 0.126 e. The van der Waals surface area contributed by atoms with Crippen LogP contribution in [0.5, 0.6) is 11.5 Å². The van der Waals surface area contributed by atoms with Crippen LogP contribution >= 0.6 is 0 Å². The molecule has 3 nitrogen and oxygen atoms in total. The molecule has 3 heteroatoms. The van der Waals surface area contributed by atoms with E-state index in [1.807, 2.05) is 18.2 Å². The number of methoxy groups -OCH3 is 1. The molecule has 1 N–H and O–H groups in total. The molecule has 1 aliphatic rings.